The Bertz CT molecular complexity index is 787. The summed E-state index contributed by atoms with van der Waals surface area (Å²) in [4.78, 5) is 8.37. The van der Waals surface area contributed by atoms with Crippen LogP contribution >= 0.6 is 11.6 Å². The molecule has 0 atom stereocenters. The number of ether oxygens (including phenoxy) is 2. The molecule has 0 saturated heterocycles. The zero-order chi connectivity index (χ0) is 15.4. The maximum atomic E-state index is 5.98. The summed E-state index contributed by atoms with van der Waals surface area (Å²) in [5.41, 5.74) is 1.85. The van der Waals surface area contributed by atoms with Gasteiger partial charge in [0.25, 0.3) is 0 Å². The first kappa shape index (κ1) is 14.6. The minimum atomic E-state index is 0.405. The van der Waals surface area contributed by atoms with Gasteiger partial charge in [-0.1, -0.05) is 23.7 Å². The third-order valence-electron chi connectivity index (χ3n) is 3.23. The first-order valence-electron chi connectivity index (χ1n) is 6.95. The highest BCUT2D eigenvalue weighted by molar-refractivity contribution is 6.31. The molecular weight excluding hydrogens is 300 g/mol. The van der Waals surface area contributed by atoms with E-state index in [0.717, 1.165) is 27.2 Å². The van der Waals surface area contributed by atoms with Crippen LogP contribution in [0.5, 0.6) is 11.6 Å². The summed E-state index contributed by atoms with van der Waals surface area (Å²) in [7, 11) is 0. The number of fused-ring (bicyclic) bond motifs is 1. The molecule has 3 aromatic rings. The molecule has 0 amide bonds. The van der Waals surface area contributed by atoms with Crippen LogP contribution in [0.25, 0.3) is 10.9 Å². The Morgan fingerprint density at radius 3 is 2.68 bits per heavy atom. The standard InChI is InChI=1S/C17H15ClN2O2/c1-12-10-13(6-7-15(12)18)21-8-9-22-17-14-4-2-3-5-16(14)19-11-20-17/h2-7,10-11H,8-9H2,1H3. The molecule has 0 radical (unpaired) electrons. The van der Waals surface area contributed by atoms with Gasteiger partial charge >= 0.3 is 0 Å². The number of hydrogen-bond donors (Lipinski definition) is 0. The first-order valence-corrected chi connectivity index (χ1v) is 7.33. The summed E-state index contributed by atoms with van der Waals surface area (Å²) < 4.78 is 11.3. The molecule has 5 heteroatoms. The molecule has 4 nitrogen and oxygen atoms in total. The number of aromatic nitrogens is 2. The topological polar surface area (TPSA) is 44.2 Å². The molecule has 0 N–H and O–H groups in total. The third-order valence-corrected chi connectivity index (χ3v) is 3.65. The van der Waals surface area contributed by atoms with Crippen LogP contribution in [0.4, 0.5) is 0 Å². The lowest BCUT2D eigenvalue weighted by Gasteiger charge is -2.10. The predicted molar refractivity (Wildman–Crippen MR) is 86.7 cm³/mol. The molecule has 0 unspecified atom stereocenters. The first-order chi connectivity index (χ1) is 10.7. The summed E-state index contributed by atoms with van der Waals surface area (Å²) >= 11 is 5.98. The van der Waals surface area contributed by atoms with Gasteiger partial charge in [-0.15, -0.1) is 0 Å². The summed E-state index contributed by atoms with van der Waals surface area (Å²) in [6.07, 6.45) is 1.50. The Hall–Kier alpha value is -2.33. The Morgan fingerprint density at radius 2 is 1.82 bits per heavy atom. The largest absolute Gasteiger partial charge is 0.490 e. The van der Waals surface area contributed by atoms with Crippen LogP contribution in [0.2, 0.25) is 5.02 Å². The van der Waals surface area contributed by atoms with Crippen molar-refractivity contribution in [1.82, 2.24) is 9.97 Å². The zero-order valence-corrected chi connectivity index (χ0v) is 12.9. The smallest absolute Gasteiger partial charge is 0.224 e. The molecular formula is C17H15ClN2O2. The highest BCUT2D eigenvalue weighted by Gasteiger charge is 2.04. The molecule has 112 valence electrons. The molecule has 0 fully saturated rings. The Labute approximate surface area is 133 Å². The fraction of sp³-hybridized carbons (Fsp3) is 0.176. The van der Waals surface area contributed by atoms with Crippen LogP contribution in [0.1, 0.15) is 5.56 Å². The van der Waals surface area contributed by atoms with E-state index in [0.29, 0.717) is 19.1 Å². The number of hydrogen-bond acceptors (Lipinski definition) is 4. The molecule has 3 rings (SSSR count). The second-order valence-electron chi connectivity index (χ2n) is 4.80. The number of halogens is 1. The predicted octanol–water partition coefficient (Wildman–Crippen LogP) is 4.05. The van der Waals surface area contributed by atoms with Crippen molar-refractivity contribution in [2.45, 2.75) is 6.92 Å². The highest BCUT2D eigenvalue weighted by atomic mass is 35.5. The van der Waals surface area contributed by atoms with Gasteiger partial charge in [-0.3, -0.25) is 0 Å². The normalized spacial score (nSPS) is 10.6. The van der Waals surface area contributed by atoms with Gasteiger partial charge in [0.2, 0.25) is 5.88 Å². The molecule has 0 saturated carbocycles. The summed E-state index contributed by atoms with van der Waals surface area (Å²) in [5.74, 6) is 1.35. The molecule has 0 aliphatic heterocycles. The van der Waals surface area contributed by atoms with E-state index in [-0.39, 0.29) is 0 Å². The van der Waals surface area contributed by atoms with Crippen molar-refractivity contribution < 1.29 is 9.47 Å². The Balaban J connectivity index is 1.59. The van der Waals surface area contributed by atoms with Crippen LogP contribution < -0.4 is 9.47 Å². The lowest BCUT2D eigenvalue weighted by molar-refractivity contribution is 0.213. The summed E-state index contributed by atoms with van der Waals surface area (Å²) in [5, 5.41) is 1.63. The van der Waals surface area contributed by atoms with E-state index in [1.807, 2.05) is 49.4 Å². The van der Waals surface area contributed by atoms with E-state index < -0.39 is 0 Å². The number of rotatable bonds is 5. The Kier molecular flexibility index (Phi) is 4.39. The van der Waals surface area contributed by atoms with Crippen molar-refractivity contribution in [3.63, 3.8) is 0 Å². The fourth-order valence-corrected chi connectivity index (χ4v) is 2.22. The monoisotopic (exact) mass is 314 g/mol. The average Bonchev–Trinajstić information content (AvgIpc) is 2.55. The van der Waals surface area contributed by atoms with E-state index >= 15 is 0 Å². The third kappa shape index (κ3) is 3.28. The van der Waals surface area contributed by atoms with Crippen molar-refractivity contribution in [3.8, 4) is 11.6 Å². The summed E-state index contributed by atoms with van der Waals surface area (Å²) in [6, 6.07) is 13.3. The van der Waals surface area contributed by atoms with Crippen LogP contribution in [-0.2, 0) is 0 Å². The lowest BCUT2D eigenvalue weighted by Crippen LogP contribution is -2.10. The second-order valence-corrected chi connectivity index (χ2v) is 5.21. The van der Waals surface area contributed by atoms with Crippen molar-refractivity contribution in [2.75, 3.05) is 13.2 Å². The van der Waals surface area contributed by atoms with E-state index in [1.54, 1.807) is 0 Å². The van der Waals surface area contributed by atoms with Crippen LogP contribution in [0.15, 0.2) is 48.8 Å². The van der Waals surface area contributed by atoms with Gasteiger partial charge in [0, 0.05) is 5.02 Å². The molecule has 0 bridgehead atoms. The lowest BCUT2D eigenvalue weighted by atomic mass is 10.2. The van der Waals surface area contributed by atoms with Gasteiger partial charge in [-0.2, -0.15) is 0 Å². The minimum absolute atomic E-state index is 0.405. The fourth-order valence-electron chi connectivity index (χ4n) is 2.10. The molecule has 1 heterocycles. The van der Waals surface area contributed by atoms with Crippen molar-refractivity contribution in [2.24, 2.45) is 0 Å². The van der Waals surface area contributed by atoms with Gasteiger partial charge in [0.1, 0.15) is 25.3 Å². The van der Waals surface area contributed by atoms with Crippen LogP contribution in [0.3, 0.4) is 0 Å². The van der Waals surface area contributed by atoms with Gasteiger partial charge in [-0.25, -0.2) is 9.97 Å². The number of nitrogens with zero attached hydrogens (tertiary/aromatic N) is 2. The maximum Gasteiger partial charge on any atom is 0.224 e. The number of aryl methyl sites for hydroxylation is 1. The summed E-state index contributed by atoms with van der Waals surface area (Å²) in [6.45, 7) is 2.78. The SMILES string of the molecule is Cc1cc(OCCOc2ncnc3ccccc23)ccc1Cl. The van der Waals surface area contributed by atoms with Gasteiger partial charge < -0.3 is 9.47 Å². The van der Waals surface area contributed by atoms with Crippen molar-refractivity contribution in [1.29, 1.82) is 0 Å². The molecule has 0 spiro atoms. The van der Waals surface area contributed by atoms with E-state index in [4.69, 9.17) is 21.1 Å². The number of benzene rings is 2. The average molecular weight is 315 g/mol. The zero-order valence-electron chi connectivity index (χ0n) is 12.1. The minimum Gasteiger partial charge on any atom is -0.490 e. The van der Waals surface area contributed by atoms with Crippen molar-refractivity contribution >= 4 is 22.5 Å². The molecule has 0 aliphatic carbocycles. The highest BCUT2D eigenvalue weighted by Crippen LogP contribution is 2.22. The van der Waals surface area contributed by atoms with E-state index in [1.165, 1.54) is 6.33 Å². The van der Waals surface area contributed by atoms with E-state index in [2.05, 4.69) is 9.97 Å². The molecule has 1 aromatic heterocycles. The van der Waals surface area contributed by atoms with Crippen LogP contribution in [0, 0.1) is 6.92 Å². The molecule has 22 heavy (non-hydrogen) atoms. The maximum absolute atomic E-state index is 5.98. The van der Waals surface area contributed by atoms with Crippen molar-refractivity contribution in [3.05, 3.63) is 59.4 Å². The van der Waals surface area contributed by atoms with Gasteiger partial charge in [0.15, 0.2) is 0 Å². The van der Waals surface area contributed by atoms with Gasteiger partial charge in [0.05, 0.1) is 10.9 Å². The van der Waals surface area contributed by atoms with Crippen LogP contribution in [-0.4, -0.2) is 23.2 Å². The quantitative estimate of drug-likeness (QED) is 0.666. The second kappa shape index (κ2) is 6.62. The molecule has 2 aromatic carbocycles. The molecule has 0 aliphatic rings. The van der Waals surface area contributed by atoms with E-state index in [9.17, 15) is 0 Å². The number of para-hydroxylation sites is 1. The van der Waals surface area contributed by atoms with Gasteiger partial charge in [-0.05, 0) is 42.8 Å². The Morgan fingerprint density at radius 1 is 1.00 bits per heavy atom.